The van der Waals surface area contributed by atoms with Crippen molar-refractivity contribution in [2.75, 3.05) is 0 Å². The van der Waals surface area contributed by atoms with Crippen LogP contribution in [0, 0.1) is 0 Å². The molecular weight excluding hydrogens is 216 g/mol. The molecule has 90 valence electrons. The molecule has 0 fully saturated rings. The standard InChI is InChI=1S/C10H14O6/c1-3-6-10(2,15)9(14)16-8(13)5-4-7(11)12/h3,15H,1,4-6H2,2H3,(H,11,12). The summed E-state index contributed by atoms with van der Waals surface area (Å²) >= 11 is 0. The predicted molar refractivity (Wildman–Crippen MR) is 53.4 cm³/mol. The fourth-order valence-corrected chi connectivity index (χ4v) is 0.838. The summed E-state index contributed by atoms with van der Waals surface area (Å²) in [5, 5.41) is 17.8. The molecule has 0 heterocycles. The molecule has 2 N–H and O–H groups in total. The Morgan fingerprint density at radius 1 is 1.38 bits per heavy atom. The molecule has 0 saturated carbocycles. The summed E-state index contributed by atoms with van der Waals surface area (Å²) in [7, 11) is 0. The summed E-state index contributed by atoms with van der Waals surface area (Å²) in [5.41, 5.74) is -1.82. The maximum Gasteiger partial charge on any atom is 0.345 e. The molecule has 16 heavy (non-hydrogen) atoms. The first kappa shape index (κ1) is 14.3. The van der Waals surface area contributed by atoms with Crippen molar-refractivity contribution in [2.24, 2.45) is 0 Å². The van der Waals surface area contributed by atoms with E-state index >= 15 is 0 Å². The van der Waals surface area contributed by atoms with Crippen LogP contribution in [0.25, 0.3) is 0 Å². The lowest BCUT2D eigenvalue weighted by Gasteiger charge is -2.18. The molecule has 0 radical (unpaired) electrons. The molecule has 0 aliphatic rings. The first-order valence-corrected chi connectivity index (χ1v) is 4.59. The van der Waals surface area contributed by atoms with E-state index < -0.39 is 36.4 Å². The third-order valence-corrected chi connectivity index (χ3v) is 1.73. The average molecular weight is 230 g/mol. The number of aliphatic hydroxyl groups is 1. The Labute approximate surface area is 92.5 Å². The number of rotatable bonds is 6. The van der Waals surface area contributed by atoms with Crippen LogP contribution in [0.5, 0.6) is 0 Å². The number of hydrogen-bond acceptors (Lipinski definition) is 5. The Morgan fingerprint density at radius 2 is 1.94 bits per heavy atom. The van der Waals surface area contributed by atoms with Crippen molar-refractivity contribution < 1.29 is 29.3 Å². The van der Waals surface area contributed by atoms with Gasteiger partial charge in [0.05, 0.1) is 12.8 Å². The van der Waals surface area contributed by atoms with Gasteiger partial charge in [-0.1, -0.05) is 6.08 Å². The molecule has 1 atom stereocenters. The van der Waals surface area contributed by atoms with Gasteiger partial charge in [-0.25, -0.2) is 4.79 Å². The Balaban J connectivity index is 4.18. The van der Waals surface area contributed by atoms with E-state index in [-0.39, 0.29) is 6.42 Å². The lowest BCUT2D eigenvalue weighted by molar-refractivity contribution is -0.173. The first-order chi connectivity index (χ1) is 7.29. The van der Waals surface area contributed by atoms with Gasteiger partial charge >= 0.3 is 17.9 Å². The van der Waals surface area contributed by atoms with Gasteiger partial charge in [0, 0.05) is 6.42 Å². The highest BCUT2D eigenvalue weighted by atomic mass is 16.6. The van der Waals surface area contributed by atoms with Crippen molar-refractivity contribution in [3.8, 4) is 0 Å². The second-order valence-electron chi connectivity index (χ2n) is 3.42. The largest absolute Gasteiger partial charge is 0.481 e. The molecule has 6 nitrogen and oxygen atoms in total. The van der Waals surface area contributed by atoms with Crippen LogP contribution in [0.1, 0.15) is 26.2 Å². The second kappa shape index (κ2) is 6.02. The first-order valence-electron chi connectivity index (χ1n) is 4.59. The molecule has 6 heteroatoms. The maximum absolute atomic E-state index is 11.2. The van der Waals surface area contributed by atoms with Crippen LogP contribution in [0.2, 0.25) is 0 Å². The van der Waals surface area contributed by atoms with Crippen molar-refractivity contribution in [2.45, 2.75) is 31.8 Å². The van der Waals surface area contributed by atoms with E-state index in [9.17, 15) is 19.5 Å². The predicted octanol–water partition coefficient (Wildman–Crippen LogP) is 0.248. The van der Waals surface area contributed by atoms with Crippen molar-refractivity contribution in [3.63, 3.8) is 0 Å². The summed E-state index contributed by atoms with van der Waals surface area (Å²) in [6.07, 6.45) is 0.419. The smallest absolute Gasteiger partial charge is 0.345 e. The van der Waals surface area contributed by atoms with Crippen LogP contribution < -0.4 is 0 Å². The molecule has 0 aliphatic carbocycles. The zero-order valence-electron chi connectivity index (χ0n) is 8.93. The van der Waals surface area contributed by atoms with Crippen LogP contribution in [0.3, 0.4) is 0 Å². The number of ether oxygens (including phenoxy) is 1. The maximum atomic E-state index is 11.2. The van der Waals surface area contributed by atoms with Crippen LogP contribution in [0.4, 0.5) is 0 Å². The molecule has 0 spiro atoms. The lowest BCUT2D eigenvalue weighted by atomic mass is 10.0. The van der Waals surface area contributed by atoms with Gasteiger partial charge in [-0.05, 0) is 6.92 Å². The van der Waals surface area contributed by atoms with E-state index in [2.05, 4.69) is 11.3 Å². The number of hydrogen-bond donors (Lipinski definition) is 2. The van der Waals surface area contributed by atoms with Crippen molar-refractivity contribution >= 4 is 17.9 Å². The zero-order valence-corrected chi connectivity index (χ0v) is 8.93. The van der Waals surface area contributed by atoms with Crippen LogP contribution >= 0.6 is 0 Å². The minimum atomic E-state index is -1.82. The van der Waals surface area contributed by atoms with Crippen LogP contribution in [-0.2, 0) is 19.1 Å². The van der Waals surface area contributed by atoms with Gasteiger partial charge in [0.15, 0.2) is 5.60 Å². The number of carbonyl (C=O) groups excluding carboxylic acids is 2. The van der Waals surface area contributed by atoms with E-state index in [4.69, 9.17) is 5.11 Å². The highest BCUT2D eigenvalue weighted by molar-refractivity contribution is 5.91. The molecule has 1 unspecified atom stereocenters. The highest BCUT2D eigenvalue weighted by Gasteiger charge is 2.32. The number of carboxylic acid groups (broad SMARTS) is 1. The van der Waals surface area contributed by atoms with Crippen molar-refractivity contribution in [1.82, 2.24) is 0 Å². The molecule has 0 aromatic heterocycles. The molecule has 0 aromatic carbocycles. The number of carbonyl (C=O) groups is 3. The van der Waals surface area contributed by atoms with Gasteiger partial charge in [-0.3, -0.25) is 9.59 Å². The molecule has 0 bridgehead atoms. The lowest BCUT2D eigenvalue weighted by Crippen LogP contribution is -2.37. The van der Waals surface area contributed by atoms with Gasteiger partial charge < -0.3 is 14.9 Å². The molecular formula is C10H14O6. The second-order valence-corrected chi connectivity index (χ2v) is 3.42. The fourth-order valence-electron chi connectivity index (χ4n) is 0.838. The summed E-state index contributed by atoms with van der Waals surface area (Å²) in [6.45, 7) is 4.52. The van der Waals surface area contributed by atoms with E-state index in [1.165, 1.54) is 13.0 Å². The van der Waals surface area contributed by atoms with Crippen molar-refractivity contribution in [1.29, 1.82) is 0 Å². The van der Waals surface area contributed by atoms with E-state index in [1.54, 1.807) is 0 Å². The minimum absolute atomic E-state index is 0.0575. The van der Waals surface area contributed by atoms with Gasteiger partial charge in [0.2, 0.25) is 0 Å². The Kier molecular flexibility index (Phi) is 5.38. The molecule has 0 aliphatic heterocycles. The quantitative estimate of drug-likeness (QED) is 0.385. The normalized spacial score (nSPS) is 13.6. The zero-order chi connectivity index (χ0) is 12.8. The van der Waals surface area contributed by atoms with Gasteiger partial charge in [0.25, 0.3) is 0 Å². The third kappa shape index (κ3) is 5.26. The Morgan fingerprint density at radius 3 is 2.38 bits per heavy atom. The van der Waals surface area contributed by atoms with Crippen LogP contribution in [0.15, 0.2) is 12.7 Å². The van der Waals surface area contributed by atoms with E-state index in [0.717, 1.165) is 0 Å². The number of aliphatic carboxylic acids is 1. The third-order valence-electron chi connectivity index (χ3n) is 1.73. The topological polar surface area (TPSA) is 101 Å². The molecule has 0 rings (SSSR count). The van der Waals surface area contributed by atoms with Crippen LogP contribution in [-0.4, -0.2) is 33.7 Å². The summed E-state index contributed by atoms with van der Waals surface area (Å²) in [6, 6.07) is 0. The number of carboxylic acids is 1. The fraction of sp³-hybridized carbons (Fsp3) is 0.500. The molecule has 0 saturated heterocycles. The van der Waals surface area contributed by atoms with E-state index in [0.29, 0.717) is 0 Å². The highest BCUT2D eigenvalue weighted by Crippen LogP contribution is 2.12. The molecule has 0 amide bonds. The Hall–Kier alpha value is -1.69. The SMILES string of the molecule is C=CCC(C)(O)C(=O)OC(=O)CCC(=O)O. The number of esters is 2. The van der Waals surface area contributed by atoms with Gasteiger partial charge in [-0.15, -0.1) is 6.58 Å². The summed E-state index contributed by atoms with van der Waals surface area (Å²) in [5.74, 6) is -3.25. The Bertz CT molecular complexity index is 304. The average Bonchev–Trinajstić information content (AvgIpc) is 2.14. The van der Waals surface area contributed by atoms with E-state index in [1.807, 2.05) is 0 Å². The monoisotopic (exact) mass is 230 g/mol. The summed E-state index contributed by atoms with van der Waals surface area (Å²) < 4.78 is 4.28. The minimum Gasteiger partial charge on any atom is -0.481 e. The molecule has 0 aromatic rings. The van der Waals surface area contributed by atoms with Crippen molar-refractivity contribution in [3.05, 3.63) is 12.7 Å². The van der Waals surface area contributed by atoms with Gasteiger partial charge in [-0.2, -0.15) is 0 Å². The van der Waals surface area contributed by atoms with Gasteiger partial charge in [0.1, 0.15) is 0 Å². The summed E-state index contributed by atoms with van der Waals surface area (Å²) in [4.78, 5) is 32.3.